The van der Waals surface area contributed by atoms with Crippen molar-refractivity contribution < 1.29 is 13.2 Å². The van der Waals surface area contributed by atoms with E-state index in [0.717, 1.165) is 6.42 Å². The first-order valence-electron chi connectivity index (χ1n) is 7.62. The Morgan fingerprint density at radius 1 is 1.48 bits per heavy atom. The third-order valence-electron chi connectivity index (χ3n) is 3.82. The van der Waals surface area contributed by atoms with E-state index in [1.165, 1.54) is 25.5 Å². The molecule has 0 spiro atoms. The maximum atomic E-state index is 12.1. The summed E-state index contributed by atoms with van der Waals surface area (Å²) in [7, 11) is 0. The zero-order valence-corrected chi connectivity index (χ0v) is 14.6. The number of rotatable bonds is 6. The first kappa shape index (κ1) is 18.2. The molecule has 0 unspecified atom stereocenters. The molecule has 2 N–H and O–H groups in total. The van der Waals surface area contributed by atoms with Crippen molar-refractivity contribution in [3.05, 3.63) is 23.7 Å². The van der Waals surface area contributed by atoms with Gasteiger partial charge in [0.1, 0.15) is 11.5 Å². The second-order valence-electron chi connectivity index (χ2n) is 5.59. The standard InChI is InChI=1S/C15H21F2N3OS2/c1-10-4-2-3-5-13(10)19-15(22)20-18-8-11-6-7-12(21-11)9-23-14(16)17/h6-8,10,13-14H,2-5,9H2,1H3,(H2,19,20,22)/b18-8-/t10-,13-/m0/s1. The summed E-state index contributed by atoms with van der Waals surface area (Å²) < 4.78 is 29.6. The number of furan rings is 1. The van der Waals surface area contributed by atoms with Crippen LogP contribution in [0.15, 0.2) is 21.7 Å². The number of nitrogens with zero attached hydrogens (tertiary/aromatic N) is 1. The Balaban J connectivity index is 1.74. The van der Waals surface area contributed by atoms with Crippen LogP contribution in [-0.2, 0) is 5.75 Å². The molecule has 1 fully saturated rings. The molecule has 8 heteroatoms. The number of alkyl halides is 2. The Morgan fingerprint density at radius 3 is 3.00 bits per heavy atom. The minimum Gasteiger partial charge on any atom is -0.459 e. The smallest absolute Gasteiger partial charge is 0.284 e. The van der Waals surface area contributed by atoms with Crippen molar-refractivity contribution in [2.75, 3.05) is 0 Å². The predicted molar refractivity (Wildman–Crippen MR) is 93.9 cm³/mol. The lowest BCUT2D eigenvalue weighted by Crippen LogP contribution is -2.44. The molecule has 1 aromatic heterocycles. The first-order valence-corrected chi connectivity index (χ1v) is 9.08. The van der Waals surface area contributed by atoms with Gasteiger partial charge in [-0.2, -0.15) is 13.9 Å². The van der Waals surface area contributed by atoms with Gasteiger partial charge < -0.3 is 9.73 Å². The van der Waals surface area contributed by atoms with E-state index in [1.54, 1.807) is 12.1 Å². The molecule has 0 saturated heterocycles. The molecule has 1 saturated carbocycles. The van der Waals surface area contributed by atoms with Crippen molar-refractivity contribution in [1.29, 1.82) is 0 Å². The van der Waals surface area contributed by atoms with E-state index in [2.05, 4.69) is 22.8 Å². The molecule has 0 bridgehead atoms. The predicted octanol–water partition coefficient (Wildman–Crippen LogP) is 4.11. The van der Waals surface area contributed by atoms with E-state index in [9.17, 15) is 8.78 Å². The molecule has 0 aliphatic heterocycles. The summed E-state index contributed by atoms with van der Waals surface area (Å²) in [5, 5.41) is 7.78. The molecule has 4 nitrogen and oxygen atoms in total. The zero-order valence-electron chi connectivity index (χ0n) is 12.9. The molecule has 2 rings (SSSR count). The summed E-state index contributed by atoms with van der Waals surface area (Å²) >= 11 is 5.75. The SMILES string of the molecule is C[C@H]1CCCC[C@@H]1NC(=S)N/N=C\c1ccc(CSC(F)F)o1. The van der Waals surface area contributed by atoms with Crippen LogP contribution >= 0.6 is 24.0 Å². The lowest BCUT2D eigenvalue weighted by molar-refractivity contribution is 0.251. The Bertz CT molecular complexity index is 537. The monoisotopic (exact) mass is 361 g/mol. The first-order chi connectivity index (χ1) is 11.0. The molecule has 23 heavy (non-hydrogen) atoms. The van der Waals surface area contributed by atoms with Crippen molar-refractivity contribution >= 4 is 35.3 Å². The van der Waals surface area contributed by atoms with Gasteiger partial charge in [-0.05, 0) is 43.1 Å². The molecule has 0 aromatic carbocycles. The highest BCUT2D eigenvalue weighted by molar-refractivity contribution is 7.98. The molecule has 0 radical (unpaired) electrons. The van der Waals surface area contributed by atoms with Crippen LogP contribution < -0.4 is 10.7 Å². The maximum Gasteiger partial charge on any atom is 0.284 e. The normalized spacial score (nSPS) is 21.7. The van der Waals surface area contributed by atoms with Gasteiger partial charge in [-0.15, -0.1) is 0 Å². The van der Waals surface area contributed by atoms with Crippen LogP contribution in [-0.4, -0.2) is 23.1 Å². The molecule has 128 valence electrons. The van der Waals surface area contributed by atoms with Gasteiger partial charge in [-0.25, -0.2) is 0 Å². The number of hydrogen-bond acceptors (Lipinski definition) is 4. The maximum absolute atomic E-state index is 12.1. The fraction of sp³-hybridized carbons (Fsp3) is 0.600. The minimum atomic E-state index is -2.40. The summed E-state index contributed by atoms with van der Waals surface area (Å²) in [5.74, 6) is -0.667. The van der Waals surface area contributed by atoms with Crippen LogP contribution in [0.4, 0.5) is 8.78 Å². The van der Waals surface area contributed by atoms with E-state index in [4.69, 9.17) is 16.6 Å². The lowest BCUT2D eigenvalue weighted by Gasteiger charge is -2.30. The van der Waals surface area contributed by atoms with Gasteiger partial charge in [0.15, 0.2) is 5.11 Å². The fourth-order valence-corrected chi connectivity index (χ4v) is 3.22. The van der Waals surface area contributed by atoms with E-state index < -0.39 is 5.76 Å². The summed E-state index contributed by atoms with van der Waals surface area (Å²) in [6.07, 6.45) is 6.32. The quantitative estimate of drug-likeness (QED) is 0.454. The fourth-order valence-electron chi connectivity index (χ4n) is 2.57. The Hall–Kier alpha value is -1.15. The topological polar surface area (TPSA) is 49.6 Å². The Morgan fingerprint density at radius 2 is 2.26 bits per heavy atom. The molecule has 2 atom stereocenters. The van der Waals surface area contributed by atoms with Crippen LogP contribution in [0.2, 0.25) is 0 Å². The summed E-state index contributed by atoms with van der Waals surface area (Å²) in [5.41, 5.74) is 2.76. The van der Waals surface area contributed by atoms with Crippen LogP contribution in [0.5, 0.6) is 0 Å². The zero-order chi connectivity index (χ0) is 16.7. The van der Waals surface area contributed by atoms with Gasteiger partial charge >= 0.3 is 0 Å². The van der Waals surface area contributed by atoms with E-state index >= 15 is 0 Å². The molecular formula is C15H21F2N3OS2. The van der Waals surface area contributed by atoms with Crippen molar-refractivity contribution in [3.63, 3.8) is 0 Å². The Kier molecular flexibility index (Phi) is 7.29. The average molecular weight is 361 g/mol. The number of hydrazone groups is 1. The molecule has 1 heterocycles. The number of nitrogens with one attached hydrogen (secondary N) is 2. The number of hydrogen-bond donors (Lipinski definition) is 2. The van der Waals surface area contributed by atoms with Gasteiger partial charge in [0, 0.05) is 6.04 Å². The van der Waals surface area contributed by atoms with Gasteiger partial charge in [0.2, 0.25) is 0 Å². The number of thiocarbonyl (C=S) groups is 1. The molecule has 1 aliphatic rings. The van der Waals surface area contributed by atoms with Gasteiger partial charge in [0.05, 0.1) is 12.0 Å². The van der Waals surface area contributed by atoms with Crippen LogP contribution in [0, 0.1) is 5.92 Å². The third kappa shape index (κ3) is 6.47. The largest absolute Gasteiger partial charge is 0.459 e. The third-order valence-corrected chi connectivity index (χ3v) is 4.73. The van der Waals surface area contributed by atoms with Crippen molar-refractivity contribution in [2.45, 2.75) is 50.2 Å². The van der Waals surface area contributed by atoms with Gasteiger partial charge in [-0.1, -0.05) is 31.5 Å². The van der Waals surface area contributed by atoms with Crippen molar-refractivity contribution in [3.8, 4) is 0 Å². The van der Waals surface area contributed by atoms with Gasteiger partial charge in [-0.3, -0.25) is 5.43 Å². The second-order valence-corrected chi connectivity index (χ2v) is 6.97. The average Bonchev–Trinajstić information content (AvgIpc) is 2.95. The summed E-state index contributed by atoms with van der Waals surface area (Å²) in [6, 6.07) is 3.74. The highest BCUT2D eigenvalue weighted by atomic mass is 32.2. The van der Waals surface area contributed by atoms with Crippen molar-refractivity contribution in [1.82, 2.24) is 10.7 Å². The lowest BCUT2D eigenvalue weighted by atomic mass is 9.86. The van der Waals surface area contributed by atoms with Crippen LogP contribution in [0.1, 0.15) is 44.1 Å². The van der Waals surface area contributed by atoms with E-state index in [1.807, 2.05) is 0 Å². The highest BCUT2D eigenvalue weighted by Gasteiger charge is 2.21. The summed E-state index contributed by atoms with van der Waals surface area (Å²) in [4.78, 5) is 0. The molecule has 0 amide bonds. The minimum absolute atomic E-state index is 0.137. The Labute approximate surface area is 144 Å². The van der Waals surface area contributed by atoms with E-state index in [-0.39, 0.29) is 5.75 Å². The van der Waals surface area contributed by atoms with Crippen LogP contribution in [0.3, 0.4) is 0 Å². The van der Waals surface area contributed by atoms with E-state index in [0.29, 0.717) is 40.4 Å². The summed E-state index contributed by atoms with van der Waals surface area (Å²) in [6.45, 7) is 2.23. The van der Waals surface area contributed by atoms with Gasteiger partial charge in [0.25, 0.3) is 5.76 Å². The van der Waals surface area contributed by atoms with Crippen LogP contribution in [0.25, 0.3) is 0 Å². The highest BCUT2D eigenvalue weighted by Crippen LogP contribution is 2.23. The molecule has 1 aromatic rings. The molecular weight excluding hydrogens is 340 g/mol. The molecule has 1 aliphatic carbocycles. The number of halogens is 2. The second kappa shape index (κ2) is 9.22. The number of thioether (sulfide) groups is 1. The van der Waals surface area contributed by atoms with Crippen molar-refractivity contribution in [2.24, 2.45) is 11.0 Å².